The third kappa shape index (κ3) is 3.91. The summed E-state index contributed by atoms with van der Waals surface area (Å²) in [6.45, 7) is 6.50. The van der Waals surface area contributed by atoms with Gasteiger partial charge in [0.25, 0.3) is 0 Å². The van der Waals surface area contributed by atoms with Crippen molar-refractivity contribution in [3.63, 3.8) is 0 Å². The third-order valence-corrected chi connectivity index (χ3v) is 4.21. The van der Waals surface area contributed by atoms with Gasteiger partial charge in [-0.1, -0.05) is 23.8 Å². The Morgan fingerprint density at radius 3 is 3.04 bits per heavy atom. The van der Waals surface area contributed by atoms with Gasteiger partial charge in [0.05, 0.1) is 29.9 Å². The van der Waals surface area contributed by atoms with Crippen LogP contribution in [0.4, 0.5) is 4.39 Å². The number of halogens is 2. The number of hydrogen-bond donors (Lipinski definition) is 0. The molecule has 1 aromatic rings. The van der Waals surface area contributed by atoms with Crippen LogP contribution in [0.1, 0.15) is 19.4 Å². The van der Waals surface area contributed by atoms with Crippen molar-refractivity contribution in [3.8, 4) is 0 Å². The van der Waals surface area contributed by atoms with Crippen LogP contribution in [0.2, 0.25) is 5.02 Å². The first-order valence-corrected chi connectivity index (χ1v) is 8.01. The quantitative estimate of drug-likeness (QED) is 0.792. The smallest absolute Gasteiger partial charge is 0.213 e. The first-order chi connectivity index (χ1) is 10.9. The van der Waals surface area contributed by atoms with E-state index in [1.54, 1.807) is 0 Å². The van der Waals surface area contributed by atoms with Gasteiger partial charge in [0, 0.05) is 36.6 Å². The summed E-state index contributed by atoms with van der Waals surface area (Å²) in [5.74, 6) is -0.543. The number of pyridine rings is 1. The van der Waals surface area contributed by atoms with Crippen LogP contribution in [-0.2, 0) is 9.47 Å². The summed E-state index contributed by atoms with van der Waals surface area (Å²) >= 11 is 6.20. The van der Waals surface area contributed by atoms with Gasteiger partial charge in [0.2, 0.25) is 5.95 Å². The molecule has 1 saturated heterocycles. The average molecular weight is 339 g/mol. The number of rotatable bonds is 3. The van der Waals surface area contributed by atoms with Crippen molar-refractivity contribution in [2.45, 2.75) is 25.6 Å². The van der Waals surface area contributed by atoms with Gasteiger partial charge < -0.3 is 14.4 Å². The van der Waals surface area contributed by atoms with E-state index in [-0.39, 0.29) is 11.7 Å². The Morgan fingerprint density at radius 1 is 1.48 bits per heavy atom. The molecule has 0 aromatic carbocycles. The Morgan fingerprint density at radius 2 is 2.30 bits per heavy atom. The van der Waals surface area contributed by atoms with Crippen LogP contribution >= 0.6 is 11.6 Å². The first-order valence-electron chi connectivity index (χ1n) is 7.63. The minimum absolute atomic E-state index is 0.0246. The van der Waals surface area contributed by atoms with Gasteiger partial charge in [-0.2, -0.15) is 4.39 Å². The van der Waals surface area contributed by atoms with Gasteiger partial charge in [-0.3, -0.25) is 0 Å². The summed E-state index contributed by atoms with van der Waals surface area (Å²) in [4.78, 5) is 5.70. The van der Waals surface area contributed by atoms with E-state index in [1.807, 2.05) is 32.1 Å². The van der Waals surface area contributed by atoms with Crippen LogP contribution < -0.4 is 0 Å². The monoisotopic (exact) mass is 338 g/mol. The maximum atomic E-state index is 13.5. The SMILES string of the molecule is CC1(C)COC(CN2CC=CC=C2c2cc(F)ncc2Cl)CO1. The Balaban J connectivity index is 1.76. The highest BCUT2D eigenvalue weighted by molar-refractivity contribution is 6.32. The lowest BCUT2D eigenvalue weighted by atomic mass is 10.1. The second-order valence-corrected chi connectivity index (χ2v) is 6.78. The van der Waals surface area contributed by atoms with Crippen molar-refractivity contribution in [2.24, 2.45) is 0 Å². The summed E-state index contributed by atoms with van der Waals surface area (Å²) < 4.78 is 25.2. The summed E-state index contributed by atoms with van der Waals surface area (Å²) in [6, 6.07) is 1.36. The molecule has 6 heteroatoms. The van der Waals surface area contributed by atoms with Crippen LogP contribution in [0.25, 0.3) is 5.70 Å². The largest absolute Gasteiger partial charge is 0.371 e. The Kier molecular flexibility index (Phi) is 4.71. The number of ether oxygens (including phenoxy) is 2. The Hall–Kier alpha value is -1.43. The van der Waals surface area contributed by atoms with Gasteiger partial charge in [-0.15, -0.1) is 0 Å². The highest BCUT2D eigenvalue weighted by atomic mass is 35.5. The van der Waals surface area contributed by atoms with Gasteiger partial charge in [0.1, 0.15) is 0 Å². The van der Waals surface area contributed by atoms with Crippen LogP contribution in [0.5, 0.6) is 0 Å². The minimum atomic E-state index is -0.543. The summed E-state index contributed by atoms with van der Waals surface area (Å²) in [5.41, 5.74) is 1.27. The molecule has 124 valence electrons. The Labute approximate surface area is 140 Å². The van der Waals surface area contributed by atoms with Crippen LogP contribution in [0, 0.1) is 5.95 Å². The molecule has 3 rings (SSSR count). The van der Waals surface area contributed by atoms with E-state index in [9.17, 15) is 4.39 Å². The maximum absolute atomic E-state index is 13.5. The number of aromatic nitrogens is 1. The van der Waals surface area contributed by atoms with Crippen molar-refractivity contribution in [1.29, 1.82) is 0 Å². The average Bonchev–Trinajstić information content (AvgIpc) is 2.52. The molecule has 0 bridgehead atoms. The molecular formula is C17H20ClFN2O2. The molecule has 0 amide bonds. The van der Waals surface area contributed by atoms with E-state index in [1.165, 1.54) is 12.3 Å². The summed E-state index contributed by atoms with van der Waals surface area (Å²) in [7, 11) is 0. The normalized spacial score (nSPS) is 23.7. The van der Waals surface area contributed by atoms with Gasteiger partial charge in [-0.25, -0.2) is 4.98 Å². The number of allylic oxidation sites excluding steroid dienone is 2. The minimum Gasteiger partial charge on any atom is -0.371 e. The third-order valence-electron chi connectivity index (χ3n) is 3.91. The summed E-state index contributed by atoms with van der Waals surface area (Å²) in [6.07, 6.45) is 7.23. The fraction of sp³-hybridized carbons (Fsp3) is 0.471. The zero-order chi connectivity index (χ0) is 16.4. The lowest BCUT2D eigenvalue weighted by Gasteiger charge is -2.38. The second kappa shape index (κ2) is 6.59. The van der Waals surface area contributed by atoms with Crippen molar-refractivity contribution < 1.29 is 13.9 Å². The van der Waals surface area contributed by atoms with Crippen LogP contribution in [0.15, 0.2) is 30.5 Å². The predicted octanol–water partition coefficient (Wildman–Crippen LogP) is 3.28. The molecular weight excluding hydrogens is 319 g/mol. The molecule has 0 saturated carbocycles. The van der Waals surface area contributed by atoms with Crippen molar-refractivity contribution in [1.82, 2.24) is 9.88 Å². The molecule has 4 nitrogen and oxygen atoms in total. The molecule has 23 heavy (non-hydrogen) atoms. The molecule has 0 aliphatic carbocycles. The highest BCUT2D eigenvalue weighted by Crippen LogP contribution is 2.29. The fourth-order valence-corrected chi connectivity index (χ4v) is 2.87. The van der Waals surface area contributed by atoms with E-state index in [0.717, 1.165) is 12.2 Å². The molecule has 0 spiro atoms. The van der Waals surface area contributed by atoms with Crippen LogP contribution in [-0.4, -0.2) is 47.9 Å². The van der Waals surface area contributed by atoms with Gasteiger partial charge in [0.15, 0.2) is 0 Å². The maximum Gasteiger partial charge on any atom is 0.213 e. The van der Waals surface area contributed by atoms with Crippen molar-refractivity contribution in [3.05, 3.63) is 47.0 Å². The highest BCUT2D eigenvalue weighted by Gasteiger charge is 2.30. The molecule has 2 aliphatic rings. The van der Waals surface area contributed by atoms with E-state index in [4.69, 9.17) is 21.1 Å². The lowest BCUT2D eigenvalue weighted by molar-refractivity contribution is -0.176. The molecule has 1 fully saturated rings. The molecule has 1 aromatic heterocycles. The fourth-order valence-electron chi connectivity index (χ4n) is 2.67. The number of hydrogen-bond acceptors (Lipinski definition) is 4. The zero-order valence-corrected chi connectivity index (χ0v) is 14.0. The lowest BCUT2D eigenvalue weighted by Crippen LogP contribution is -2.46. The molecule has 3 heterocycles. The van der Waals surface area contributed by atoms with E-state index in [2.05, 4.69) is 9.88 Å². The van der Waals surface area contributed by atoms with Gasteiger partial charge >= 0.3 is 0 Å². The number of nitrogens with zero attached hydrogens (tertiary/aromatic N) is 2. The molecule has 1 unspecified atom stereocenters. The molecule has 1 atom stereocenters. The standard InChI is InChI=1S/C17H20ClFN2O2/c1-17(2)11-22-12(10-23-17)9-21-6-4-3-5-15(21)13-7-16(19)20-8-14(13)18/h3-5,7-8,12H,6,9-11H2,1-2H3. The molecule has 2 aliphatic heterocycles. The molecule has 0 N–H and O–H groups in total. The Bertz CT molecular complexity index is 635. The predicted molar refractivity (Wildman–Crippen MR) is 87.7 cm³/mol. The molecule has 0 radical (unpaired) electrons. The van der Waals surface area contributed by atoms with E-state index < -0.39 is 5.95 Å². The second-order valence-electron chi connectivity index (χ2n) is 6.38. The van der Waals surface area contributed by atoms with Gasteiger partial charge in [-0.05, 0) is 19.9 Å². The van der Waals surface area contributed by atoms with Crippen molar-refractivity contribution in [2.75, 3.05) is 26.3 Å². The van der Waals surface area contributed by atoms with Crippen molar-refractivity contribution >= 4 is 17.3 Å². The topological polar surface area (TPSA) is 34.6 Å². The zero-order valence-electron chi connectivity index (χ0n) is 13.3. The van der Waals surface area contributed by atoms with Crippen LogP contribution in [0.3, 0.4) is 0 Å². The van der Waals surface area contributed by atoms with E-state index >= 15 is 0 Å². The first kappa shape index (κ1) is 16.4. The summed E-state index contributed by atoms with van der Waals surface area (Å²) in [5, 5.41) is 0.430. The van der Waals surface area contributed by atoms with E-state index in [0.29, 0.717) is 30.3 Å².